The van der Waals surface area contributed by atoms with Crippen molar-refractivity contribution in [2.75, 3.05) is 18.0 Å². The molecule has 1 atom stereocenters. The van der Waals surface area contributed by atoms with Crippen molar-refractivity contribution in [2.24, 2.45) is 5.73 Å². The van der Waals surface area contributed by atoms with Gasteiger partial charge in [0.15, 0.2) is 5.88 Å². The maximum Gasteiger partial charge on any atom is 0.196 e. The third kappa shape index (κ3) is 2.89. The molecule has 0 bridgehead atoms. The third-order valence-corrected chi connectivity index (χ3v) is 2.84. The van der Waals surface area contributed by atoms with Crippen molar-refractivity contribution in [2.45, 2.75) is 32.2 Å². The molecule has 0 aliphatic carbocycles. The molecular formula is C13H20N2O. The first kappa shape index (κ1) is 11.3. The molecule has 1 aliphatic heterocycles. The molecule has 1 unspecified atom stereocenters. The van der Waals surface area contributed by atoms with Gasteiger partial charge in [-0.05, 0) is 38.3 Å². The van der Waals surface area contributed by atoms with E-state index in [0.717, 1.165) is 24.7 Å². The van der Waals surface area contributed by atoms with Gasteiger partial charge < -0.3 is 15.1 Å². The van der Waals surface area contributed by atoms with Crippen LogP contribution < -0.4 is 10.6 Å². The summed E-state index contributed by atoms with van der Waals surface area (Å²) < 4.78 is 5.76. The SMILES string of the molecule is CC(N)/C=C/c1ccc(N2CCCCC2)o1. The minimum atomic E-state index is 0.0727. The number of hydrogen-bond acceptors (Lipinski definition) is 3. The summed E-state index contributed by atoms with van der Waals surface area (Å²) in [5, 5.41) is 0. The Morgan fingerprint density at radius 3 is 2.75 bits per heavy atom. The van der Waals surface area contributed by atoms with Crippen LogP contribution in [-0.4, -0.2) is 19.1 Å². The lowest BCUT2D eigenvalue weighted by Gasteiger charge is -2.25. The van der Waals surface area contributed by atoms with E-state index in [9.17, 15) is 0 Å². The predicted octanol–water partition coefficient (Wildman–Crippen LogP) is 2.63. The van der Waals surface area contributed by atoms with Gasteiger partial charge >= 0.3 is 0 Å². The molecule has 0 spiro atoms. The lowest BCUT2D eigenvalue weighted by Crippen LogP contribution is -2.28. The van der Waals surface area contributed by atoms with Crippen molar-refractivity contribution in [1.29, 1.82) is 0 Å². The average Bonchev–Trinajstić information content (AvgIpc) is 2.76. The zero-order chi connectivity index (χ0) is 11.4. The van der Waals surface area contributed by atoms with Crippen LogP contribution in [0.1, 0.15) is 31.9 Å². The van der Waals surface area contributed by atoms with Crippen LogP contribution in [0.3, 0.4) is 0 Å². The average molecular weight is 220 g/mol. The van der Waals surface area contributed by atoms with Crippen LogP contribution in [0.2, 0.25) is 0 Å². The molecule has 1 aliphatic rings. The molecule has 2 rings (SSSR count). The van der Waals surface area contributed by atoms with Crippen LogP contribution in [0, 0.1) is 0 Å². The Morgan fingerprint density at radius 1 is 1.31 bits per heavy atom. The van der Waals surface area contributed by atoms with E-state index < -0.39 is 0 Å². The van der Waals surface area contributed by atoms with Gasteiger partial charge in [0.1, 0.15) is 5.76 Å². The first-order valence-corrected chi connectivity index (χ1v) is 6.04. The molecule has 1 fully saturated rings. The molecule has 2 N–H and O–H groups in total. The Morgan fingerprint density at radius 2 is 2.06 bits per heavy atom. The van der Waals surface area contributed by atoms with Gasteiger partial charge in [-0.3, -0.25) is 0 Å². The summed E-state index contributed by atoms with van der Waals surface area (Å²) in [7, 11) is 0. The quantitative estimate of drug-likeness (QED) is 0.851. The van der Waals surface area contributed by atoms with Crippen molar-refractivity contribution < 1.29 is 4.42 Å². The van der Waals surface area contributed by atoms with Crippen molar-refractivity contribution in [3.05, 3.63) is 24.0 Å². The highest BCUT2D eigenvalue weighted by molar-refractivity contribution is 5.49. The maximum atomic E-state index is 5.76. The lowest BCUT2D eigenvalue weighted by molar-refractivity contribution is 0.496. The topological polar surface area (TPSA) is 42.4 Å². The van der Waals surface area contributed by atoms with Crippen molar-refractivity contribution in [3.8, 4) is 0 Å². The summed E-state index contributed by atoms with van der Waals surface area (Å²) in [5.74, 6) is 1.88. The number of nitrogens with two attached hydrogens (primary N) is 1. The van der Waals surface area contributed by atoms with Gasteiger partial charge in [0.25, 0.3) is 0 Å². The van der Waals surface area contributed by atoms with E-state index >= 15 is 0 Å². The molecule has 0 aromatic carbocycles. The molecule has 0 saturated carbocycles. The number of nitrogens with zero attached hydrogens (tertiary/aromatic N) is 1. The van der Waals surface area contributed by atoms with Gasteiger partial charge in [-0.15, -0.1) is 0 Å². The Kier molecular flexibility index (Phi) is 3.67. The van der Waals surface area contributed by atoms with E-state index in [1.165, 1.54) is 19.3 Å². The second kappa shape index (κ2) is 5.21. The highest BCUT2D eigenvalue weighted by atomic mass is 16.4. The van der Waals surface area contributed by atoms with E-state index in [-0.39, 0.29) is 6.04 Å². The van der Waals surface area contributed by atoms with Crippen LogP contribution in [0.5, 0.6) is 0 Å². The smallest absolute Gasteiger partial charge is 0.196 e. The first-order valence-electron chi connectivity index (χ1n) is 6.04. The minimum Gasteiger partial charge on any atom is -0.441 e. The van der Waals surface area contributed by atoms with E-state index in [4.69, 9.17) is 10.2 Å². The zero-order valence-electron chi connectivity index (χ0n) is 9.86. The van der Waals surface area contributed by atoms with Gasteiger partial charge in [0, 0.05) is 25.2 Å². The molecule has 3 heteroatoms. The van der Waals surface area contributed by atoms with Gasteiger partial charge in [0.2, 0.25) is 0 Å². The third-order valence-electron chi connectivity index (χ3n) is 2.84. The summed E-state index contributed by atoms with van der Waals surface area (Å²) in [5.41, 5.74) is 5.65. The summed E-state index contributed by atoms with van der Waals surface area (Å²) in [4.78, 5) is 2.31. The Bertz CT molecular complexity index is 349. The molecule has 0 amide bonds. The van der Waals surface area contributed by atoms with E-state index in [0.29, 0.717) is 0 Å². The summed E-state index contributed by atoms with van der Waals surface area (Å²) in [6.07, 6.45) is 7.77. The molecule has 1 aromatic heterocycles. The van der Waals surface area contributed by atoms with Crippen molar-refractivity contribution in [1.82, 2.24) is 0 Å². The maximum absolute atomic E-state index is 5.76. The normalized spacial score (nSPS) is 19.2. The molecule has 3 nitrogen and oxygen atoms in total. The van der Waals surface area contributed by atoms with Crippen molar-refractivity contribution >= 4 is 12.0 Å². The van der Waals surface area contributed by atoms with E-state index in [1.54, 1.807) is 0 Å². The second-order valence-electron chi connectivity index (χ2n) is 4.44. The highest BCUT2D eigenvalue weighted by Gasteiger charge is 2.13. The fourth-order valence-electron chi connectivity index (χ4n) is 1.96. The largest absolute Gasteiger partial charge is 0.441 e. The summed E-state index contributed by atoms with van der Waals surface area (Å²) in [6, 6.07) is 4.12. The van der Waals surface area contributed by atoms with Crippen molar-refractivity contribution in [3.63, 3.8) is 0 Å². The monoisotopic (exact) mass is 220 g/mol. The second-order valence-corrected chi connectivity index (χ2v) is 4.44. The van der Waals surface area contributed by atoms with Gasteiger partial charge in [-0.1, -0.05) is 6.08 Å². The van der Waals surface area contributed by atoms with Crippen LogP contribution in [0.15, 0.2) is 22.6 Å². The Labute approximate surface area is 96.9 Å². The summed E-state index contributed by atoms with van der Waals surface area (Å²) in [6.45, 7) is 4.18. The fraction of sp³-hybridized carbons (Fsp3) is 0.538. The standard InChI is InChI=1S/C13H20N2O/c1-11(14)5-6-12-7-8-13(16-12)15-9-3-2-4-10-15/h5-8,11H,2-4,9-10,14H2,1H3/b6-5+. The minimum absolute atomic E-state index is 0.0727. The number of anilines is 1. The molecule has 2 heterocycles. The molecule has 1 saturated heterocycles. The number of furan rings is 1. The number of piperidine rings is 1. The van der Waals surface area contributed by atoms with Gasteiger partial charge in [-0.2, -0.15) is 0 Å². The molecule has 1 aromatic rings. The van der Waals surface area contributed by atoms with Crippen LogP contribution in [0.4, 0.5) is 5.88 Å². The van der Waals surface area contributed by atoms with Crippen LogP contribution in [0.25, 0.3) is 6.08 Å². The Balaban J connectivity index is 2.01. The fourth-order valence-corrected chi connectivity index (χ4v) is 1.96. The first-order chi connectivity index (χ1) is 7.75. The number of hydrogen-bond donors (Lipinski definition) is 1. The molecule has 0 radical (unpaired) electrons. The van der Waals surface area contributed by atoms with Gasteiger partial charge in [0.05, 0.1) is 0 Å². The number of rotatable bonds is 3. The van der Waals surface area contributed by atoms with E-state index in [1.807, 2.05) is 31.2 Å². The summed E-state index contributed by atoms with van der Waals surface area (Å²) >= 11 is 0. The molecule has 16 heavy (non-hydrogen) atoms. The van der Waals surface area contributed by atoms with E-state index in [2.05, 4.69) is 4.90 Å². The zero-order valence-corrected chi connectivity index (χ0v) is 9.86. The Hall–Kier alpha value is -1.22. The van der Waals surface area contributed by atoms with Crippen LogP contribution in [-0.2, 0) is 0 Å². The predicted molar refractivity (Wildman–Crippen MR) is 67.5 cm³/mol. The van der Waals surface area contributed by atoms with Crippen LogP contribution >= 0.6 is 0 Å². The molecule has 88 valence electrons. The highest BCUT2D eigenvalue weighted by Crippen LogP contribution is 2.23. The van der Waals surface area contributed by atoms with Gasteiger partial charge in [-0.25, -0.2) is 0 Å². The molecular weight excluding hydrogens is 200 g/mol. The lowest BCUT2D eigenvalue weighted by atomic mass is 10.1.